The number of rotatable bonds is 5. The van der Waals surface area contributed by atoms with Crippen LogP contribution in [0, 0.1) is 0 Å². The third kappa shape index (κ3) is 5.15. The van der Waals surface area contributed by atoms with Gasteiger partial charge in [-0.15, -0.1) is 11.3 Å². The van der Waals surface area contributed by atoms with Crippen LogP contribution in [0.2, 0.25) is 0 Å². The molecule has 5 nitrogen and oxygen atoms in total. The zero-order chi connectivity index (χ0) is 37.5. The molecule has 0 saturated heterocycles. The average molecular weight is 749 g/mol. The Morgan fingerprint density at radius 1 is 0.491 bits per heavy atom. The first-order chi connectivity index (χ1) is 28.2. The zero-order valence-corrected chi connectivity index (χ0v) is 31.4. The van der Waals surface area contributed by atoms with Gasteiger partial charge in [0, 0.05) is 47.5 Å². The molecule has 268 valence electrons. The van der Waals surface area contributed by atoms with Gasteiger partial charge in [0.2, 0.25) is 0 Å². The van der Waals surface area contributed by atoms with Crippen molar-refractivity contribution < 1.29 is 4.42 Å². The summed E-state index contributed by atoms with van der Waals surface area (Å²) in [6.07, 6.45) is -0.248. The summed E-state index contributed by atoms with van der Waals surface area (Å²) in [5.41, 5.74) is 10.6. The second-order valence-corrected chi connectivity index (χ2v) is 15.7. The largest absolute Gasteiger partial charge is 0.456 e. The van der Waals surface area contributed by atoms with Gasteiger partial charge in [0.05, 0.1) is 22.1 Å². The van der Waals surface area contributed by atoms with E-state index in [1.54, 1.807) is 0 Å². The summed E-state index contributed by atoms with van der Waals surface area (Å²) in [6.45, 7) is 0. The first-order valence-electron chi connectivity index (χ1n) is 19.2. The fraction of sp³-hybridized carbons (Fsp3) is 0.0196. The number of nitrogens with zero attached hydrogens (tertiary/aromatic N) is 3. The summed E-state index contributed by atoms with van der Waals surface area (Å²) in [7, 11) is 0. The number of nitrogens with one attached hydrogen (secondary N) is 1. The van der Waals surface area contributed by atoms with Crippen molar-refractivity contribution in [2.75, 3.05) is 0 Å². The van der Waals surface area contributed by atoms with E-state index in [0.717, 1.165) is 67.1 Å². The van der Waals surface area contributed by atoms with Crippen LogP contribution in [-0.2, 0) is 0 Å². The molecule has 0 saturated carbocycles. The van der Waals surface area contributed by atoms with E-state index < -0.39 is 0 Å². The van der Waals surface area contributed by atoms with Gasteiger partial charge < -0.3 is 14.3 Å². The number of para-hydroxylation sites is 2. The molecule has 11 aromatic rings. The second kappa shape index (κ2) is 12.6. The van der Waals surface area contributed by atoms with Gasteiger partial charge in [-0.2, -0.15) is 0 Å². The van der Waals surface area contributed by atoms with Crippen LogP contribution in [-0.4, -0.2) is 16.2 Å². The van der Waals surface area contributed by atoms with E-state index in [-0.39, 0.29) is 6.17 Å². The van der Waals surface area contributed by atoms with Crippen molar-refractivity contribution in [1.29, 1.82) is 0 Å². The molecule has 3 aromatic heterocycles. The number of hydrogen-bond donors (Lipinski definition) is 1. The molecule has 0 spiro atoms. The van der Waals surface area contributed by atoms with Gasteiger partial charge in [0.1, 0.15) is 23.2 Å². The third-order valence-corrected chi connectivity index (χ3v) is 12.4. The fourth-order valence-corrected chi connectivity index (χ4v) is 9.64. The van der Waals surface area contributed by atoms with Crippen LogP contribution >= 0.6 is 11.3 Å². The van der Waals surface area contributed by atoms with E-state index in [4.69, 9.17) is 14.4 Å². The van der Waals surface area contributed by atoms with E-state index in [0.29, 0.717) is 0 Å². The molecule has 1 aliphatic heterocycles. The van der Waals surface area contributed by atoms with E-state index in [9.17, 15) is 0 Å². The minimum Gasteiger partial charge on any atom is -0.456 e. The van der Waals surface area contributed by atoms with E-state index in [2.05, 4.69) is 168 Å². The van der Waals surface area contributed by atoms with Crippen molar-refractivity contribution in [1.82, 2.24) is 9.88 Å². The molecule has 1 unspecified atom stereocenters. The Balaban J connectivity index is 0.957. The Morgan fingerprint density at radius 3 is 1.88 bits per heavy atom. The lowest BCUT2D eigenvalue weighted by Gasteiger charge is -2.23. The van der Waals surface area contributed by atoms with E-state index >= 15 is 0 Å². The first kappa shape index (κ1) is 32.0. The molecule has 1 atom stereocenters. The number of fused-ring (bicyclic) bond motifs is 9. The highest BCUT2D eigenvalue weighted by molar-refractivity contribution is 7.25. The van der Waals surface area contributed by atoms with Crippen LogP contribution in [0.15, 0.2) is 196 Å². The summed E-state index contributed by atoms with van der Waals surface area (Å²) in [5, 5.41) is 10.8. The molecule has 0 bridgehead atoms. The van der Waals surface area contributed by atoms with Crippen molar-refractivity contribution in [2.45, 2.75) is 6.17 Å². The molecule has 12 rings (SSSR count). The molecule has 8 aromatic carbocycles. The molecule has 57 heavy (non-hydrogen) atoms. The number of amidine groups is 2. The molecule has 4 heterocycles. The van der Waals surface area contributed by atoms with Crippen molar-refractivity contribution in [3.63, 3.8) is 0 Å². The van der Waals surface area contributed by atoms with Crippen molar-refractivity contribution in [2.24, 2.45) is 9.98 Å². The van der Waals surface area contributed by atoms with Gasteiger partial charge in [0.25, 0.3) is 0 Å². The molecular weight excluding hydrogens is 717 g/mol. The van der Waals surface area contributed by atoms with Crippen molar-refractivity contribution in [3.05, 3.63) is 199 Å². The molecule has 6 heteroatoms. The summed E-state index contributed by atoms with van der Waals surface area (Å²) in [5.74, 6) is 1.53. The Kier molecular flexibility index (Phi) is 7.09. The van der Waals surface area contributed by atoms with Gasteiger partial charge in [-0.05, 0) is 83.4 Å². The highest BCUT2D eigenvalue weighted by atomic mass is 32.1. The maximum Gasteiger partial charge on any atom is 0.159 e. The SMILES string of the molecule is c1ccc(C2=NC(c3ccccc3)NC(c3ccc4sc5ccc(-c6ccc7c(c6)oc6cccc(-n8c9ccccc9c9ccccc98)c67)cc5c4c3)=N2)cc1. The number of hydrogen-bond acceptors (Lipinski definition) is 5. The Morgan fingerprint density at radius 2 is 1.12 bits per heavy atom. The maximum atomic E-state index is 6.64. The van der Waals surface area contributed by atoms with Gasteiger partial charge >= 0.3 is 0 Å². The lowest BCUT2D eigenvalue weighted by molar-refractivity contribution is 0.669. The monoisotopic (exact) mass is 748 g/mol. The van der Waals surface area contributed by atoms with Gasteiger partial charge in [0.15, 0.2) is 5.84 Å². The Hall–Kier alpha value is -7.28. The highest BCUT2D eigenvalue weighted by Crippen LogP contribution is 2.41. The predicted molar refractivity (Wildman–Crippen MR) is 238 cm³/mol. The molecule has 1 N–H and O–H groups in total. The van der Waals surface area contributed by atoms with Crippen LogP contribution in [0.4, 0.5) is 0 Å². The molecule has 0 radical (unpaired) electrons. The topological polar surface area (TPSA) is 54.8 Å². The van der Waals surface area contributed by atoms with Gasteiger partial charge in [-0.25, -0.2) is 9.98 Å². The quantitative estimate of drug-likeness (QED) is 0.191. The van der Waals surface area contributed by atoms with Crippen LogP contribution in [0.5, 0.6) is 0 Å². The Bertz CT molecular complexity index is 3390. The summed E-state index contributed by atoms with van der Waals surface area (Å²) in [4.78, 5) is 10.1. The molecule has 1 aliphatic rings. The first-order valence-corrected chi connectivity index (χ1v) is 20.0. The molecular formula is C51H32N4OS. The number of benzene rings is 8. The average Bonchev–Trinajstić information content (AvgIpc) is 3.95. The van der Waals surface area contributed by atoms with Crippen LogP contribution < -0.4 is 5.32 Å². The van der Waals surface area contributed by atoms with Crippen molar-refractivity contribution in [3.8, 4) is 16.8 Å². The van der Waals surface area contributed by atoms with Gasteiger partial charge in [-0.1, -0.05) is 115 Å². The Labute approximate surface area is 331 Å². The number of aromatic nitrogens is 1. The fourth-order valence-electron chi connectivity index (χ4n) is 8.58. The summed E-state index contributed by atoms with van der Waals surface area (Å²) >= 11 is 1.82. The number of thiophene rings is 1. The minimum atomic E-state index is -0.248. The number of aliphatic imine (C=N–C) groups is 2. The number of furan rings is 1. The molecule has 0 aliphatic carbocycles. The standard InChI is InChI=1S/C51H32N4OS/c1-3-12-31(13-4-1)49-52-50(32-14-5-2-6-15-32)54-51(53-49)35-24-27-47-40(29-35)39-28-33(23-26-46(39)57-47)34-22-25-38-45(30-34)56-44-21-11-20-43(48(38)44)55-41-18-9-7-16-36(41)37-17-8-10-19-42(37)55/h1-30,49H,(H,52,53,54). The third-order valence-electron chi connectivity index (χ3n) is 11.3. The van der Waals surface area contributed by atoms with E-state index in [1.807, 2.05) is 35.6 Å². The molecule has 0 amide bonds. The predicted octanol–water partition coefficient (Wildman–Crippen LogP) is 13.2. The summed E-state index contributed by atoms with van der Waals surface area (Å²) < 4.78 is 11.5. The van der Waals surface area contributed by atoms with Crippen molar-refractivity contribution >= 4 is 86.9 Å². The molecule has 0 fully saturated rings. The zero-order valence-electron chi connectivity index (χ0n) is 30.6. The van der Waals surface area contributed by atoms with Crippen LogP contribution in [0.25, 0.3) is 80.7 Å². The lowest BCUT2D eigenvalue weighted by atomic mass is 10.0. The van der Waals surface area contributed by atoms with Crippen LogP contribution in [0.1, 0.15) is 22.9 Å². The normalized spacial score (nSPS) is 14.5. The van der Waals surface area contributed by atoms with E-state index in [1.165, 1.54) is 42.0 Å². The maximum absolute atomic E-state index is 6.64. The van der Waals surface area contributed by atoms with Gasteiger partial charge in [-0.3, -0.25) is 0 Å². The highest BCUT2D eigenvalue weighted by Gasteiger charge is 2.22. The van der Waals surface area contributed by atoms with Crippen LogP contribution in [0.3, 0.4) is 0 Å². The lowest BCUT2D eigenvalue weighted by Crippen LogP contribution is -2.33. The minimum absolute atomic E-state index is 0.248. The summed E-state index contributed by atoms with van der Waals surface area (Å²) in [6, 6.07) is 64.4. The second-order valence-electron chi connectivity index (χ2n) is 14.6. The smallest absolute Gasteiger partial charge is 0.159 e.